The van der Waals surface area contributed by atoms with E-state index in [1.807, 2.05) is 24.2 Å². The van der Waals surface area contributed by atoms with E-state index in [4.69, 9.17) is 0 Å². The van der Waals surface area contributed by atoms with Gasteiger partial charge in [-0.05, 0) is 57.5 Å². The predicted molar refractivity (Wildman–Crippen MR) is 80.3 cm³/mol. The molecule has 2 fully saturated rings. The van der Waals surface area contributed by atoms with Crippen molar-refractivity contribution < 1.29 is 0 Å². The number of nitrogens with zero attached hydrogens (tertiary/aromatic N) is 2. The second-order valence-electron chi connectivity index (χ2n) is 5.51. The Morgan fingerprint density at radius 1 is 1.16 bits per heavy atom. The lowest BCUT2D eigenvalue weighted by molar-refractivity contribution is 0.116. The van der Waals surface area contributed by atoms with E-state index in [9.17, 15) is 0 Å². The standard InChI is InChI=1S/C15H23N3S/c1-2-10-18(11-3-1)15-12-14(6-9-17-15)19-13-4-7-16-8-5-13/h4-5,7-8,14-15,17H,1-3,6,9-12H2. The molecule has 2 aliphatic rings. The van der Waals surface area contributed by atoms with Crippen LogP contribution in [0, 0.1) is 0 Å². The van der Waals surface area contributed by atoms with E-state index in [1.165, 1.54) is 50.1 Å². The first-order valence-electron chi connectivity index (χ1n) is 7.46. The van der Waals surface area contributed by atoms with Gasteiger partial charge in [0.25, 0.3) is 0 Å². The number of pyridine rings is 1. The Bertz CT molecular complexity index is 378. The average molecular weight is 277 g/mol. The summed E-state index contributed by atoms with van der Waals surface area (Å²) < 4.78 is 0. The Morgan fingerprint density at radius 3 is 2.74 bits per heavy atom. The first-order valence-corrected chi connectivity index (χ1v) is 8.34. The lowest BCUT2D eigenvalue weighted by Crippen LogP contribution is -2.52. The van der Waals surface area contributed by atoms with Crippen LogP contribution in [0.25, 0.3) is 0 Å². The minimum Gasteiger partial charge on any atom is -0.302 e. The molecule has 104 valence electrons. The number of aromatic nitrogens is 1. The second-order valence-corrected chi connectivity index (χ2v) is 6.89. The zero-order valence-electron chi connectivity index (χ0n) is 11.4. The summed E-state index contributed by atoms with van der Waals surface area (Å²) in [6, 6.07) is 4.26. The number of nitrogens with one attached hydrogen (secondary N) is 1. The van der Waals surface area contributed by atoms with Gasteiger partial charge in [0, 0.05) is 22.5 Å². The third-order valence-electron chi connectivity index (χ3n) is 4.12. The molecule has 3 nitrogen and oxygen atoms in total. The molecule has 2 aliphatic heterocycles. The highest BCUT2D eigenvalue weighted by Crippen LogP contribution is 2.31. The molecule has 0 amide bonds. The summed E-state index contributed by atoms with van der Waals surface area (Å²) in [5.74, 6) is 0. The molecule has 3 rings (SSSR count). The van der Waals surface area contributed by atoms with Gasteiger partial charge >= 0.3 is 0 Å². The van der Waals surface area contributed by atoms with Crippen LogP contribution in [0.1, 0.15) is 32.1 Å². The third kappa shape index (κ3) is 3.71. The summed E-state index contributed by atoms with van der Waals surface area (Å²) in [7, 11) is 0. The maximum atomic E-state index is 4.09. The first kappa shape index (κ1) is 13.4. The summed E-state index contributed by atoms with van der Waals surface area (Å²) in [5.41, 5.74) is 0. The molecule has 2 atom stereocenters. The van der Waals surface area contributed by atoms with Gasteiger partial charge in [-0.1, -0.05) is 6.42 Å². The van der Waals surface area contributed by atoms with Crippen LogP contribution >= 0.6 is 11.8 Å². The zero-order valence-corrected chi connectivity index (χ0v) is 12.2. The van der Waals surface area contributed by atoms with Gasteiger partial charge in [-0.15, -0.1) is 11.8 Å². The van der Waals surface area contributed by atoms with E-state index in [2.05, 4.69) is 27.3 Å². The van der Waals surface area contributed by atoms with Gasteiger partial charge in [-0.2, -0.15) is 0 Å². The van der Waals surface area contributed by atoms with Crippen molar-refractivity contribution in [3.63, 3.8) is 0 Å². The van der Waals surface area contributed by atoms with Gasteiger partial charge in [-0.25, -0.2) is 0 Å². The quantitative estimate of drug-likeness (QED) is 0.919. The Balaban J connectivity index is 1.55. The molecule has 1 aromatic heterocycles. The molecule has 3 heterocycles. The van der Waals surface area contributed by atoms with Crippen LogP contribution in [-0.2, 0) is 0 Å². The highest BCUT2D eigenvalue weighted by atomic mass is 32.2. The molecule has 1 aromatic rings. The zero-order chi connectivity index (χ0) is 12.9. The molecule has 0 aliphatic carbocycles. The number of hydrogen-bond donors (Lipinski definition) is 1. The Morgan fingerprint density at radius 2 is 1.95 bits per heavy atom. The van der Waals surface area contributed by atoms with Gasteiger partial charge in [-0.3, -0.25) is 9.88 Å². The third-order valence-corrected chi connectivity index (χ3v) is 5.42. The molecular weight excluding hydrogens is 254 g/mol. The van der Waals surface area contributed by atoms with Crippen molar-refractivity contribution in [3.8, 4) is 0 Å². The highest BCUT2D eigenvalue weighted by molar-refractivity contribution is 8.00. The molecule has 0 aromatic carbocycles. The van der Waals surface area contributed by atoms with Crippen molar-refractivity contribution >= 4 is 11.8 Å². The lowest BCUT2D eigenvalue weighted by Gasteiger charge is -2.39. The van der Waals surface area contributed by atoms with Crippen LogP contribution in [0.15, 0.2) is 29.4 Å². The second kappa shape index (κ2) is 6.73. The molecule has 4 heteroatoms. The molecule has 19 heavy (non-hydrogen) atoms. The summed E-state index contributed by atoms with van der Waals surface area (Å²) in [5, 5.41) is 4.45. The summed E-state index contributed by atoms with van der Waals surface area (Å²) in [6.45, 7) is 3.72. The number of thioether (sulfide) groups is 1. The molecule has 2 saturated heterocycles. The van der Waals surface area contributed by atoms with Crippen molar-refractivity contribution in [2.45, 2.75) is 48.4 Å². The fourth-order valence-electron chi connectivity index (χ4n) is 3.09. The average Bonchev–Trinajstić information content (AvgIpc) is 2.49. The van der Waals surface area contributed by atoms with Gasteiger partial charge in [0.05, 0.1) is 6.17 Å². The van der Waals surface area contributed by atoms with Crippen molar-refractivity contribution in [1.29, 1.82) is 0 Å². The largest absolute Gasteiger partial charge is 0.302 e. The monoisotopic (exact) mass is 277 g/mol. The Hall–Kier alpha value is -0.580. The van der Waals surface area contributed by atoms with Crippen molar-refractivity contribution in [2.24, 2.45) is 0 Å². The number of piperidine rings is 2. The van der Waals surface area contributed by atoms with Crippen LogP contribution in [-0.4, -0.2) is 40.9 Å². The molecule has 2 unspecified atom stereocenters. The smallest absolute Gasteiger partial charge is 0.0607 e. The molecule has 0 saturated carbocycles. The normalized spacial score (nSPS) is 29.3. The van der Waals surface area contributed by atoms with Gasteiger partial charge in [0.15, 0.2) is 0 Å². The summed E-state index contributed by atoms with van der Waals surface area (Å²) in [4.78, 5) is 8.11. The van der Waals surface area contributed by atoms with Crippen molar-refractivity contribution in [1.82, 2.24) is 15.2 Å². The summed E-state index contributed by atoms with van der Waals surface area (Å²) >= 11 is 2.03. The van der Waals surface area contributed by atoms with Crippen LogP contribution in [0.3, 0.4) is 0 Å². The minimum atomic E-state index is 0.605. The van der Waals surface area contributed by atoms with E-state index >= 15 is 0 Å². The van der Waals surface area contributed by atoms with Gasteiger partial charge in [0.2, 0.25) is 0 Å². The predicted octanol–water partition coefficient (Wildman–Crippen LogP) is 2.74. The lowest BCUT2D eigenvalue weighted by atomic mass is 10.1. The maximum absolute atomic E-state index is 4.09. The van der Waals surface area contributed by atoms with Crippen molar-refractivity contribution in [2.75, 3.05) is 19.6 Å². The Labute approximate surface area is 120 Å². The summed E-state index contributed by atoms with van der Waals surface area (Å²) in [6.07, 6.45) is 11.1. The fraction of sp³-hybridized carbons (Fsp3) is 0.667. The molecule has 0 radical (unpaired) electrons. The number of likely N-dealkylation sites (tertiary alicyclic amines) is 1. The van der Waals surface area contributed by atoms with E-state index in [0.717, 1.165) is 11.8 Å². The highest BCUT2D eigenvalue weighted by Gasteiger charge is 2.27. The maximum Gasteiger partial charge on any atom is 0.0607 e. The van der Waals surface area contributed by atoms with E-state index < -0.39 is 0 Å². The molecule has 0 bridgehead atoms. The van der Waals surface area contributed by atoms with Crippen LogP contribution in [0.4, 0.5) is 0 Å². The molecule has 1 N–H and O–H groups in total. The Kier molecular flexibility index (Phi) is 4.75. The van der Waals surface area contributed by atoms with Gasteiger partial charge < -0.3 is 5.32 Å². The van der Waals surface area contributed by atoms with E-state index in [1.54, 1.807) is 0 Å². The van der Waals surface area contributed by atoms with E-state index in [-0.39, 0.29) is 0 Å². The molecule has 0 spiro atoms. The van der Waals surface area contributed by atoms with Crippen LogP contribution < -0.4 is 5.32 Å². The number of hydrogen-bond acceptors (Lipinski definition) is 4. The number of rotatable bonds is 3. The van der Waals surface area contributed by atoms with Crippen LogP contribution in [0.5, 0.6) is 0 Å². The minimum absolute atomic E-state index is 0.605. The van der Waals surface area contributed by atoms with Crippen molar-refractivity contribution in [3.05, 3.63) is 24.5 Å². The SMILES string of the molecule is c1cc(SC2CCNC(N3CCCCC3)C2)ccn1. The molecular formula is C15H23N3S. The van der Waals surface area contributed by atoms with Gasteiger partial charge in [0.1, 0.15) is 0 Å². The topological polar surface area (TPSA) is 28.2 Å². The first-order chi connectivity index (χ1) is 9.42. The fourth-order valence-corrected chi connectivity index (χ4v) is 4.26. The van der Waals surface area contributed by atoms with Crippen LogP contribution in [0.2, 0.25) is 0 Å². The van der Waals surface area contributed by atoms with E-state index in [0.29, 0.717) is 6.17 Å².